The van der Waals surface area contributed by atoms with Crippen molar-refractivity contribution in [1.29, 1.82) is 0 Å². The van der Waals surface area contributed by atoms with Gasteiger partial charge >= 0.3 is 5.97 Å². The summed E-state index contributed by atoms with van der Waals surface area (Å²) < 4.78 is 36.9. The number of ether oxygens (including phenoxy) is 2. The first kappa shape index (κ1) is 23.4. The predicted octanol–water partition coefficient (Wildman–Crippen LogP) is 2.23. The third kappa shape index (κ3) is 6.14. The Hall–Kier alpha value is -3.24. The molecule has 2 aromatic carbocycles. The summed E-state index contributed by atoms with van der Waals surface area (Å²) in [6, 6.07) is 12.2. The molecule has 1 amide bonds. The number of benzene rings is 2. The summed E-state index contributed by atoms with van der Waals surface area (Å²) in [5.74, 6) is -1.06. The molecule has 0 aromatic heterocycles. The van der Waals surface area contributed by atoms with Gasteiger partial charge in [0.15, 0.2) is 19.0 Å². The number of carbonyl (C=O) groups is 3. The third-order valence-corrected chi connectivity index (χ3v) is 6.70. The Kier molecular flexibility index (Phi) is 7.60. The van der Waals surface area contributed by atoms with Gasteiger partial charge < -0.3 is 14.8 Å². The molecule has 0 aliphatic carbocycles. The minimum absolute atomic E-state index is 0.0823. The van der Waals surface area contributed by atoms with E-state index < -0.39 is 35.1 Å². The summed E-state index contributed by atoms with van der Waals surface area (Å²) >= 11 is 0. The highest BCUT2D eigenvalue weighted by Gasteiger charge is 2.27. The van der Waals surface area contributed by atoms with Crippen LogP contribution in [0.3, 0.4) is 0 Å². The Balaban J connectivity index is 1.47. The van der Waals surface area contributed by atoms with Gasteiger partial charge in [0.05, 0.1) is 4.90 Å². The molecule has 1 saturated heterocycles. The first-order valence-corrected chi connectivity index (χ1v) is 11.5. The Bertz CT molecular complexity index is 1090. The molecule has 0 bridgehead atoms. The van der Waals surface area contributed by atoms with Gasteiger partial charge in [-0.15, -0.1) is 0 Å². The Morgan fingerprint density at radius 3 is 2.34 bits per heavy atom. The SMILES string of the molecule is CC(=O)c1ccc(OCC(=O)OCC(=O)Nc2cccc(S(=O)(=O)N3CCCC3)c2)cc1. The van der Waals surface area contributed by atoms with Gasteiger partial charge in [-0.25, -0.2) is 13.2 Å². The van der Waals surface area contributed by atoms with Crippen molar-refractivity contribution in [2.45, 2.75) is 24.7 Å². The van der Waals surface area contributed by atoms with Crippen molar-refractivity contribution >= 4 is 33.4 Å². The zero-order valence-corrected chi connectivity index (χ0v) is 18.4. The number of Topliss-reactive ketones (excluding diaryl/α,β-unsaturated/α-hetero) is 1. The van der Waals surface area contributed by atoms with Crippen LogP contribution in [0.15, 0.2) is 53.4 Å². The van der Waals surface area contributed by atoms with Crippen molar-refractivity contribution in [2.24, 2.45) is 0 Å². The van der Waals surface area contributed by atoms with Crippen LogP contribution in [0.1, 0.15) is 30.1 Å². The van der Waals surface area contributed by atoms with E-state index in [4.69, 9.17) is 9.47 Å². The van der Waals surface area contributed by atoms with Crippen LogP contribution < -0.4 is 10.1 Å². The third-order valence-electron chi connectivity index (χ3n) is 4.80. The molecule has 1 aliphatic heterocycles. The number of hydrogen-bond donors (Lipinski definition) is 1. The second kappa shape index (κ2) is 10.4. The molecule has 0 unspecified atom stereocenters. The van der Waals surface area contributed by atoms with E-state index in [1.807, 2.05) is 0 Å². The molecule has 0 saturated carbocycles. The van der Waals surface area contributed by atoms with Gasteiger partial charge in [-0.3, -0.25) is 9.59 Å². The monoisotopic (exact) mass is 460 g/mol. The van der Waals surface area contributed by atoms with Crippen LogP contribution in [0.2, 0.25) is 0 Å². The molecule has 1 heterocycles. The lowest BCUT2D eigenvalue weighted by Gasteiger charge is -2.16. The van der Waals surface area contributed by atoms with Crippen LogP contribution in [0, 0.1) is 0 Å². The zero-order valence-electron chi connectivity index (χ0n) is 17.6. The zero-order chi connectivity index (χ0) is 23.1. The minimum atomic E-state index is -3.60. The van der Waals surface area contributed by atoms with Gasteiger partial charge in [-0.1, -0.05) is 6.07 Å². The van der Waals surface area contributed by atoms with Crippen LogP contribution in [0.4, 0.5) is 5.69 Å². The van der Waals surface area contributed by atoms with Gasteiger partial charge in [-0.05, 0) is 62.2 Å². The van der Waals surface area contributed by atoms with E-state index in [1.165, 1.54) is 29.4 Å². The van der Waals surface area contributed by atoms with Crippen LogP contribution in [-0.2, 0) is 24.3 Å². The number of rotatable bonds is 9. The maximum Gasteiger partial charge on any atom is 0.344 e. The predicted molar refractivity (Wildman–Crippen MR) is 116 cm³/mol. The molecule has 170 valence electrons. The maximum atomic E-state index is 12.6. The van der Waals surface area contributed by atoms with Crippen LogP contribution in [0.5, 0.6) is 5.75 Å². The number of hydrogen-bond acceptors (Lipinski definition) is 7. The fourth-order valence-electron chi connectivity index (χ4n) is 3.12. The average molecular weight is 461 g/mol. The molecular weight excluding hydrogens is 436 g/mol. The summed E-state index contributed by atoms with van der Waals surface area (Å²) in [6.07, 6.45) is 1.66. The highest BCUT2D eigenvalue weighted by atomic mass is 32.2. The van der Waals surface area contributed by atoms with Crippen molar-refractivity contribution in [3.63, 3.8) is 0 Å². The highest BCUT2D eigenvalue weighted by molar-refractivity contribution is 7.89. The van der Waals surface area contributed by atoms with Gasteiger partial charge in [0.2, 0.25) is 10.0 Å². The molecule has 10 heteroatoms. The summed E-state index contributed by atoms with van der Waals surface area (Å²) in [4.78, 5) is 35.2. The van der Waals surface area contributed by atoms with E-state index in [0.29, 0.717) is 24.4 Å². The average Bonchev–Trinajstić information content (AvgIpc) is 3.33. The maximum absolute atomic E-state index is 12.6. The Morgan fingerprint density at radius 1 is 1.00 bits per heavy atom. The van der Waals surface area contributed by atoms with Crippen molar-refractivity contribution in [3.8, 4) is 5.75 Å². The van der Waals surface area contributed by atoms with Gasteiger partial charge in [0.25, 0.3) is 5.91 Å². The topological polar surface area (TPSA) is 119 Å². The van der Waals surface area contributed by atoms with E-state index in [9.17, 15) is 22.8 Å². The largest absolute Gasteiger partial charge is 0.482 e. The number of sulfonamides is 1. The highest BCUT2D eigenvalue weighted by Crippen LogP contribution is 2.23. The molecule has 32 heavy (non-hydrogen) atoms. The molecule has 0 spiro atoms. The number of ketones is 1. The molecule has 0 radical (unpaired) electrons. The van der Waals surface area contributed by atoms with Crippen LogP contribution >= 0.6 is 0 Å². The Morgan fingerprint density at radius 2 is 1.69 bits per heavy atom. The smallest absolute Gasteiger partial charge is 0.344 e. The second-order valence-corrected chi connectivity index (χ2v) is 9.16. The molecule has 0 atom stereocenters. The Labute approximate surface area is 186 Å². The van der Waals surface area contributed by atoms with Gasteiger partial charge in [-0.2, -0.15) is 4.31 Å². The van der Waals surface area contributed by atoms with E-state index in [2.05, 4.69) is 5.32 Å². The molecule has 1 aliphatic rings. The summed E-state index contributed by atoms with van der Waals surface area (Å²) in [5, 5.41) is 2.52. The standard InChI is InChI=1S/C22H24N2O7S/c1-16(25)17-7-9-19(10-8-17)30-15-22(27)31-14-21(26)23-18-5-4-6-20(13-18)32(28,29)24-11-2-3-12-24/h4-10,13H,2-3,11-12,14-15H2,1H3,(H,23,26). The van der Waals surface area contributed by atoms with E-state index in [0.717, 1.165) is 12.8 Å². The quantitative estimate of drug-likeness (QED) is 0.450. The lowest BCUT2D eigenvalue weighted by atomic mass is 10.1. The van der Waals surface area contributed by atoms with Crippen molar-refractivity contribution in [3.05, 3.63) is 54.1 Å². The normalized spacial score (nSPS) is 14.0. The fourth-order valence-corrected chi connectivity index (χ4v) is 4.69. The van der Waals surface area contributed by atoms with Gasteiger partial charge in [0, 0.05) is 24.3 Å². The van der Waals surface area contributed by atoms with Crippen molar-refractivity contribution in [1.82, 2.24) is 4.31 Å². The fraction of sp³-hybridized carbons (Fsp3) is 0.318. The van der Waals surface area contributed by atoms with Crippen LogP contribution in [-0.4, -0.2) is 56.7 Å². The molecule has 1 fully saturated rings. The number of esters is 1. The second-order valence-electron chi connectivity index (χ2n) is 7.22. The first-order valence-electron chi connectivity index (χ1n) is 10.1. The number of nitrogens with one attached hydrogen (secondary N) is 1. The first-order chi connectivity index (χ1) is 15.3. The molecular formula is C22H24N2O7S. The summed E-state index contributed by atoms with van der Waals surface area (Å²) in [7, 11) is -3.60. The molecule has 3 rings (SSSR count). The lowest BCUT2D eigenvalue weighted by molar-refractivity contribution is -0.149. The summed E-state index contributed by atoms with van der Waals surface area (Å²) in [6.45, 7) is 1.46. The summed E-state index contributed by atoms with van der Waals surface area (Å²) in [5.41, 5.74) is 0.807. The minimum Gasteiger partial charge on any atom is -0.482 e. The van der Waals surface area contributed by atoms with Gasteiger partial charge in [0.1, 0.15) is 5.75 Å². The molecule has 9 nitrogen and oxygen atoms in total. The lowest BCUT2D eigenvalue weighted by Crippen LogP contribution is -2.28. The van der Waals surface area contributed by atoms with Crippen LogP contribution in [0.25, 0.3) is 0 Å². The van der Waals surface area contributed by atoms with E-state index in [1.54, 1.807) is 30.3 Å². The number of carbonyl (C=O) groups excluding carboxylic acids is 3. The molecule has 2 aromatic rings. The molecule has 1 N–H and O–H groups in total. The van der Waals surface area contributed by atoms with Crippen molar-refractivity contribution < 1.29 is 32.3 Å². The number of amides is 1. The van der Waals surface area contributed by atoms with Crippen molar-refractivity contribution in [2.75, 3.05) is 31.6 Å². The number of nitrogens with zero attached hydrogens (tertiary/aromatic N) is 1. The number of anilines is 1. The van der Waals surface area contributed by atoms with E-state index >= 15 is 0 Å². The van der Waals surface area contributed by atoms with E-state index in [-0.39, 0.29) is 16.4 Å².